The first kappa shape index (κ1) is 13.3. The molecule has 1 fully saturated rings. The molecule has 0 aromatic carbocycles. The van der Waals surface area contributed by atoms with E-state index in [1.54, 1.807) is 12.4 Å². The molecule has 2 aromatic heterocycles. The summed E-state index contributed by atoms with van der Waals surface area (Å²) in [5, 5.41) is 14.0. The van der Waals surface area contributed by atoms with Crippen LogP contribution in [0, 0.1) is 5.92 Å². The second-order valence-electron chi connectivity index (χ2n) is 5.23. The molecule has 2 aromatic rings. The third-order valence-electron chi connectivity index (χ3n) is 3.73. The quantitative estimate of drug-likeness (QED) is 0.805. The number of hydrogen-bond donors (Lipinski definition) is 3. The third-order valence-corrected chi connectivity index (χ3v) is 4.55. The Bertz CT molecular complexity index is 572. The lowest BCUT2D eigenvalue weighted by atomic mass is 10.1. The summed E-state index contributed by atoms with van der Waals surface area (Å²) in [6.07, 6.45) is 6.27. The summed E-state index contributed by atoms with van der Waals surface area (Å²) in [5.41, 5.74) is 7.88. The molecule has 3 rings (SSSR count). The smallest absolute Gasteiger partial charge is 0.147 e. The molecule has 0 radical (unpaired) electrons. The zero-order valence-electron chi connectivity index (χ0n) is 11.1. The molecule has 6 heteroatoms. The molecule has 0 spiro atoms. The highest BCUT2D eigenvalue weighted by molar-refractivity contribution is 7.11. The van der Waals surface area contributed by atoms with Crippen LogP contribution in [0.5, 0.6) is 0 Å². The highest BCUT2D eigenvalue weighted by Crippen LogP contribution is 2.37. The Labute approximate surface area is 122 Å². The van der Waals surface area contributed by atoms with Crippen LogP contribution in [0.4, 0.5) is 10.8 Å². The molecule has 2 heterocycles. The monoisotopic (exact) mass is 290 g/mol. The maximum atomic E-state index is 9.57. The van der Waals surface area contributed by atoms with Crippen molar-refractivity contribution in [1.82, 2.24) is 9.36 Å². The van der Waals surface area contributed by atoms with Gasteiger partial charge in [-0.1, -0.05) is 6.07 Å². The first-order valence-corrected chi connectivity index (χ1v) is 7.59. The van der Waals surface area contributed by atoms with Crippen molar-refractivity contribution in [3.05, 3.63) is 24.5 Å². The first-order chi connectivity index (χ1) is 9.74. The lowest BCUT2D eigenvalue weighted by Gasteiger charge is -2.12. The standard InChI is InChI=1S/C14H18N4OS/c15-13-12(10-2-1-5-16-8-10)14(20-18-13)17-7-9-3-4-11(19)6-9/h1-2,5,8-9,11,17,19H,3-4,6-7H2,(H2,15,18). The Hall–Kier alpha value is -1.66. The Morgan fingerprint density at radius 1 is 1.45 bits per heavy atom. The summed E-state index contributed by atoms with van der Waals surface area (Å²) in [7, 11) is 0. The van der Waals surface area contributed by atoms with Gasteiger partial charge in [0.2, 0.25) is 0 Å². The molecule has 4 N–H and O–H groups in total. The SMILES string of the molecule is Nc1nsc(NCC2CCC(O)C2)c1-c1cccnc1. The lowest BCUT2D eigenvalue weighted by Crippen LogP contribution is -2.12. The number of aromatic nitrogens is 2. The predicted molar refractivity (Wildman–Crippen MR) is 81.6 cm³/mol. The van der Waals surface area contributed by atoms with Crippen LogP contribution in [0.3, 0.4) is 0 Å². The van der Waals surface area contributed by atoms with Crippen molar-refractivity contribution in [2.24, 2.45) is 5.92 Å². The molecule has 1 aliphatic carbocycles. The van der Waals surface area contributed by atoms with Gasteiger partial charge in [-0.2, -0.15) is 4.37 Å². The van der Waals surface area contributed by atoms with E-state index in [-0.39, 0.29) is 6.10 Å². The number of hydrogen-bond acceptors (Lipinski definition) is 6. The Kier molecular flexibility index (Phi) is 3.84. The van der Waals surface area contributed by atoms with Crippen LogP contribution in [0.25, 0.3) is 11.1 Å². The third kappa shape index (κ3) is 2.76. The fourth-order valence-corrected chi connectivity index (χ4v) is 3.43. The van der Waals surface area contributed by atoms with Gasteiger partial charge in [0.25, 0.3) is 0 Å². The van der Waals surface area contributed by atoms with E-state index >= 15 is 0 Å². The predicted octanol–water partition coefficient (Wildman–Crippen LogP) is 2.36. The molecule has 0 amide bonds. The number of nitrogen functional groups attached to an aromatic ring is 1. The zero-order chi connectivity index (χ0) is 13.9. The number of pyridine rings is 1. The van der Waals surface area contributed by atoms with Gasteiger partial charge in [-0.15, -0.1) is 0 Å². The number of aliphatic hydroxyl groups excluding tert-OH is 1. The van der Waals surface area contributed by atoms with Gasteiger partial charge in [-0.3, -0.25) is 4.98 Å². The molecule has 0 saturated heterocycles. The van der Waals surface area contributed by atoms with Crippen molar-refractivity contribution in [3.8, 4) is 11.1 Å². The molecule has 1 aliphatic rings. The zero-order valence-corrected chi connectivity index (χ0v) is 11.9. The average molecular weight is 290 g/mol. The van der Waals surface area contributed by atoms with Gasteiger partial charge in [0.1, 0.15) is 10.8 Å². The highest BCUT2D eigenvalue weighted by Gasteiger charge is 2.23. The van der Waals surface area contributed by atoms with E-state index in [9.17, 15) is 5.11 Å². The van der Waals surface area contributed by atoms with Crippen LogP contribution < -0.4 is 11.1 Å². The second-order valence-corrected chi connectivity index (χ2v) is 6.00. The molecule has 0 aliphatic heterocycles. The van der Waals surface area contributed by atoms with Crippen molar-refractivity contribution in [2.45, 2.75) is 25.4 Å². The summed E-state index contributed by atoms with van der Waals surface area (Å²) in [4.78, 5) is 4.13. The van der Waals surface area contributed by atoms with Crippen molar-refractivity contribution in [3.63, 3.8) is 0 Å². The van der Waals surface area contributed by atoms with Crippen LogP contribution in [0.2, 0.25) is 0 Å². The van der Waals surface area contributed by atoms with E-state index in [0.29, 0.717) is 11.7 Å². The Morgan fingerprint density at radius 3 is 3.05 bits per heavy atom. The maximum Gasteiger partial charge on any atom is 0.147 e. The van der Waals surface area contributed by atoms with Gasteiger partial charge < -0.3 is 16.2 Å². The topological polar surface area (TPSA) is 84.1 Å². The number of nitrogens with zero attached hydrogens (tertiary/aromatic N) is 2. The number of rotatable bonds is 4. The van der Waals surface area contributed by atoms with E-state index < -0.39 is 0 Å². The summed E-state index contributed by atoms with van der Waals surface area (Å²) < 4.78 is 4.23. The Morgan fingerprint density at radius 2 is 2.35 bits per heavy atom. The Balaban J connectivity index is 1.74. The van der Waals surface area contributed by atoms with Gasteiger partial charge in [0, 0.05) is 24.5 Å². The van der Waals surface area contributed by atoms with Crippen LogP contribution in [-0.4, -0.2) is 27.1 Å². The van der Waals surface area contributed by atoms with Crippen LogP contribution in [0.1, 0.15) is 19.3 Å². The van der Waals surface area contributed by atoms with Crippen molar-refractivity contribution >= 4 is 22.4 Å². The van der Waals surface area contributed by atoms with E-state index in [2.05, 4.69) is 14.7 Å². The maximum absolute atomic E-state index is 9.57. The molecule has 5 nitrogen and oxygen atoms in total. The molecule has 20 heavy (non-hydrogen) atoms. The normalized spacial score (nSPS) is 22.1. The minimum absolute atomic E-state index is 0.133. The molecule has 0 bridgehead atoms. The summed E-state index contributed by atoms with van der Waals surface area (Å²) in [6, 6.07) is 3.88. The van der Waals surface area contributed by atoms with E-state index in [1.165, 1.54) is 11.5 Å². The van der Waals surface area contributed by atoms with Gasteiger partial charge in [0.15, 0.2) is 0 Å². The number of nitrogens with one attached hydrogen (secondary N) is 1. The highest BCUT2D eigenvalue weighted by atomic mass is 32.1. The minimum Gasteiger partial charge on any atom is -0.393 e. The minimum atomic E-state index is -0.133. The number of nitrogens with two attached hydrogens (primary N) is 1. The molecule has 1 saturated carbocycles. The lowest BCUT2D eigenvalue weighted by molar-refractivity contribution is 0.178. The largest absolute Gasteiger partial charge is 0.393 e. The second kappa shape index (κ2) is 5.76. The van der Waals surface area contributed by atoms with Crippen LogP contribution in [0.15, 0.2) is 24.5 Å². The first-order valence-electron chi connectivity index (χ1n) is 6.81. The van der Waals surface area contributed by atoms with E-state index in [0.717, 1.165) is 41.9 Å². The molecular formula is C14H18N4OS. The van der Waals surface area contributed by atoms with Gasteiger partial charge in [0.05, 0.1) is 11.7 Å². The van der Waals surface area contributed by atoms with Crippen molar-refractivity contribution < 1.29 is 5.11 Å². The van der Waals surface area contributed by atoms with Gasteiger partial charge in [-0.25, -0.2) is 0 Å². The van der Waals surface area contributed by atoms with Crippen molar-refractivity contribution in [1.29, 1.82) is 0 Å². The molecule has 106 valence electrons. The summed E-state index contributed by atoms with van der Waals surface area (Å²) in [5.74, 6) is 1.06. The van der Waals surface area contributed by atoms with Gasteiger partial charge in [-0.05, 0) is 42.8 Å². The fraction of sp³-hybridized carbons (Fsp3) is 0.429. The molecular weight excluding hydrogens is 272 g/mol. The van der Waals surface area contributed by atoms with Crippen LogP contribution in [-0.2, 0) is 0 Å². The van der Waals surface area contributed by atoms with E-state index in [4.69, 9.17) is 5.73 Å². The number of aliphatic hydroxyl groups is 1. The fourth-order valence-electron chi connectivity index (χ4n) is 2.68. The molecule has 2 unspecified atom stereocenters. The van der Waals surface area contributed by atoms with Crippen LogP contribution >= 0.6 is 11.5 Å². The summed E-state index contributed by atoms with van der Waals surface area (Å²) >= 11 is 1.38. The van der Waals surface area contributed by atoms with Gasteiger partial charge >= 0.3 is 0 Å². The number of anilines is 2. The van der Waals surface area contributed by atoms with E-state index in [1.807, 2.05) is 12.1 Å². The molecule has 2 atom stereocenters. The summed E-state index contributed by atoms with van der Waals surface area (Å²) in [6.45, 7) is 0.853. The average Bonchev–Trinajstić information content (AvgIpc) is 3.03. The van der Waals surface area contributed by atoms with Crippen molar-refractivity contribution in [2.75, 3.05) is 17.6 Å².